The molecule has 38 nitrogen and oxygen atoms in total. The number of aliphatic hydroxyl groups excluding tert-OH is 1. The number of rotatable bonds is 60. The molecule has 0 bridgehead atoms. The van der Waals surface area contributed by atoms with E-state index in [1.54, 1.807) is 20.8 Å². The summed E-state index contributed by atoms with van der Waals surface area (Å²) < 4.78 is 106. The fraction of sp³-hybridized carbons (Fsp3) is 0.804. The highest BCUT2D eigenvalue weighted by molar-refractivity contribution is 6.01. The van der Waals surface area contributed by atoms with E-state index in [0.29, 0.717) is 149 Å². The Morgan fingerprint density at radius 1 is 0.682 bits per heavy atom. The first-order chi connectivity index (χ1) is 63.3. The van der Waals surface area contributed by atoms with Crippen molar-refractivity contribution in [2.45, 2.75) is 230 Å². The van der Waals surface area contributed by atoms with Gasteiger partial charge in [0.15, 0.2) is 34.9 Å². The normalized spacial score (nSPS) is 27.6. The summed E-state index contributed by atoms with van der Waals surface area (Å²) in [7, 11) is 8.23. The number of amides is 8. The number of alkyl carbamates (subject to hydrolysis) is 1. The number of hydrazine groups is 4. The maximum atomic E-state index is 18.3. The van der Waals surface area contributed by atoms with E-state index in [1.807, 2.05) is 24.0 Å². The minimum absolute atomic E-state index is 0.00828. The van der Waals surface area contributed by atoms with Crippen LogP contribution in [0.15, 0.2) is 46.6 Å². The van der Waals surface area contributed by atoms with E-state index in [4.69, 9.17) is 62.6 Å². The summed E-state index contributed by atoms with van der Waals surface area (Å²) in [6, 6.07) is -3.23. The van der Waals surface area contributed by atoms with Crippen LogP contribution in [0.2, 0.25) is 0 Å². The number of hydrogen-bond acceptors (Lipinski definition) is 29. The van der Waals surface area contributed by atoms with Gasteiger partial charge in [-0.25, -0.2) is 18.4 Å². The SMILES string of the molecule is CCCC1O[C@@H]2C[C@H]3[C@@H]4C[C@H](F)C5=CC(=O)C=C[C@]5(C)[C@@]4(F)[C@@H](O)C[C@]3(C)[C@]2(C(=O)CNC(=O)[C@H](CCCNC(N)=O)CC(=O)[C@@H](NC(=O)[C@@H](CCCCNC(=O)COC2CCCCCC3=C2NNN3CCOCCOCCOCCOCCC(=O)NCC[N+](C)(C)C)NC(=O)CCOCCOCCOCCOCCNC(=O)OC[C@@H]2[C@@H]3CCC4=C(CC[C@@H]32)NNN4C)C(C)C)O1. The van der Waals surface area contributed by atoms with Gasteiger partial charge >= 0.3 is 12.1 Å². The second-order valence-electron chi connectivity index (χ2n) is 38.2. The van der Waals surface area contributed by atoms with Crippen LogP contribution in [0.5, 0.6) is 0 Å². The zero-order valence-corrected chi connectivity index (χ0v) is 79.2. The molecule has 10 rings (SSSR count). The number of carbonyl (C=O) groups is 10. The number of ketones is 3. The van der Waals surface area contributed by atoms with Crippen molar-refractivity contribution >= 4 is 59.0 Å². The van der Waals surface area contributed by atoms with Crippen LogP contribution >= 0.6 is 0 Å². The standard InChI is InChI=1S/C92H151F2N15O23/c1-10-17-82-131-78-55-66-67-54-69(93)68-53-62(110)26-29-89(68,4)91(67,94)76(112)56-90(66,5)92(78,132-82)77(113)57-100-85(117)61(18-16-31-98-87(95)119)52-74(111)83(60(2)3)102-86(118)71(101-80(115)28-37-122-41-45-126-48-50-127-46-42-123-38-33-99-88(120)130-58-65-63-22-24-70-72(25-23-64(63)65)107(6)105-103-70)19-14-15-30-96-81(116)59-129-75-21-13-11-12-20-73-84(75)104-106-108(73)34-39-124-43-47-128-51-49-125-44-40-121-36-27-79(114)97-32-35-109(7,8)9/h26,29,53,60-61,63-67,69,71,75-76,78,82-83,103-106,112H,10-25,27-28,30-52,54-59H2,1-9H3,(H8-,95,96,97,98,99,100,101,102,114,115,116,117,118,119,120)/p+1/t61-,63+,64-,65+,66+,67+,69+,71-,75?,76+,78-,82?,83+,89+,90+,91+,92-/m1/s1. The van der Waals surface area contributed by atoms with Gasteiger partial charge in [-0.1, -0.05) is 53.0 Å². The first-order valence-electron chi connectivity index (χ1n) is 48.1. The molecule has 3 heterocycles. The van der Waals surface area contributed by atoms with Crippen molar-refractivity contribution in [2.75, 3.05) is 193 Å². The molecule has 0 aromatic heterocycles. The van der Waals surface area contributed by atoms with Crippen molar-refractivity contribution in [3.05, 3.63) is 46.6 Å². The maximum Gasteiger partial charge on any atom is 0.407 e. The van der Waals surface area contributed by atoms with Gasteiger partial charge in [0.1, 0.15) is 24.9 Å². The molecule has 0 aromatic rings. The number of hydrogen-bond donors (Lipinski definition) is 13. The number of unbranched alkanes of at least 4 members (excludes halogenated alkanes) is 1. The molecule has 3 aliphatic heterocycles. The van der Waals surface area contributed by atoms with Crippen LogP contribution < -0.4 is 64.9 Å². The highest BCUT2D eigenvalue weighted by Gasteiger charge is 2.80. The van der Waals surface area contributed by atoms with Gasteiger partial charge in [-0.2, -0.15) is 0 Å². The summed E-state index contributed by atoms with van der Waals surface area (Å²) in [6.07, 6.45) is 6.75. The predicted octanol–water partition coefficient (Wildman–Crippen LogP) is 3.77. The number of nitrogens with one attached hydrogen (secondary N) is 11. The second-order valence-corrected chi connectivity index (χ2v) is 38.2. The van der Waals surface area contributed by atoms with Crippen molar-refractivity contribution < 1.29 is 123 Å². The van der Waals surface area contributed by atoms with E-state index in [2.05, 4.69) is 80.3 Å². The average molecular weight is 1870 g/mol. The van der Waals surface area contributed by atoms with Gasteiger partial charge in [0.25, 0.3) is 0 Å². The van der Waals surface area contributed by atoms with E-state index < -0.39 is 149 Å². The number of fused-ring (bicyclic) bond motifs is 8. The van der Waals surface area contributed by atoms with Crippen LogP contribution in [0.25, 0.3) is 0 Å². The van der Waals surface area contributed by atoms with Crippen molar-refractivity contribution in [1.82, 2.24) is 69.2 Å². The number of likely N-dealkylation sites (N-methyl/N-ethyl adjacent to an activating group) is 1. The molecule has 14 N–H and O–H groups in total. The summed E-state index contributed by atoms with van der Waals surface area (Å²) in [5.41, 5.74) is 15.4. The smallest absolute Gasteiger partial charge is 0.407 e. The minimum Gasteiger partial charge on any atom is -0.449 e. The van der Waals surface area contributed by atoms with E-state index in [-0.39, 0.29) is 122 Å². The number of ether oxygens (including phenoxy) is 12. The number of nitrogens with zero attached hydrogens (tertiary/aromatic N) is 3. The Bertz CT molecular complexity index is 3940. The van der Waals surface area contributed by atoms with E-state index >= 15 is 13.6 Å². The third kappa shape index (κ3) is 29.4. The number of Topliss-reactive ketones (excluding diaryl/α,β-unsaturated/α-hetero) is 2. The fourth-order valence-electron chi connectivity index (χ4n) is 20.5. The molecule has 0 radical (unpaired) electrons. The lowest BCUT2D eigenvalue weighted by atomic mass is 9.44. The van der Waals surface area contributed by atoms with E-state index in [1.165, 1.54) is 30.5 Å². The third-order valence-electron chi connectivity index (χ3n) is 27.7. The topological polar surface area (TPSA) is 467 Å². The first-order valence-corrected chi connectivity index (χ1v) is 48.1. The van der Waals surface area contributed by atoms with Crippen LogP contribution in [-0.4, -0.2) is 326 Å². The molecule has 132 heavy (non-hydrogen) atoms. The first kappa shape index (κ1) is 106. The van der Waals surface area contributed by atoms with E-state index in [0.717, 1.165) is 79.9 Å². The molecule has 0 spiro atoms. The van der Waals surface area contributed by atoms with Gasteiger partial charge < -0.3 is 120 Å². The van der Waals surface area contributed by atoms with E-state index in [9.17, 15) is 48.3 Å². The van der Waals surface area contributed by atoms with Crippen molar-refractivity contribution in [3.8, 4) is 0 Å². The summed E-state index contributed by atoms with van der Waals surface area (Å²) >= 11 is 0. The second kappa shape index (κ2) is 52.0. The lowest BCUT2D eigenvalue weighted by molar-refractivity contribution is -0.869. The number of quaternary nitrogens is 1. The molecule has 5 fully saturated rings. The molecule has 4 saturated carbocycles. The number of urea groups is 1. The Balaban J connectivity index is 0.675. The number of aliphatic hydroxyl groups is 1. The third-order valence-corrected chi connectivity index (χ3v) is 27.7. The van der Waals surface area contributed by atoms with Crippen molar-refractivity contribution in [2.24, 2.45) is 58.0 Å². The molecule has 2 unspecified atom stereocenters. The molecule has 7 aliphatic carbocycles. The number of alkyl halides is 2. The minimum atomic E-state index is -2.46. The zero-order valence-electron chi connectivity index (χ0n) is 79.2. The maximum absolute atomic E-state index is 18.3. The summed E-state index contributed by atoms with van der Waals surface area (Å²) in [6.45, 7) is 15.4. The zero-order chi connectivity index (χ0) is 95.0. The quantitative estimate of drug-likeness (QED) is 0.0304. The molecule has 10 aliphatic rings. The monoisotopic (exact) mass is 1870 g/mol. The number of allylic oxidation sites excluding steroid dienone is 7. The molecule has 1 saturated heterocycles. The summed E-state index contributed by atoms with van der Waals surface area (Å²) in [5, 5.41) is 35.8. The molecule has 8 amide bonds. The number of primary amides is 1. The molecule has 0 aromatic carbocycles. The van der Waals surface area contributed by atoms with Gasteiger partial charge in [0.2, 0.25) is 29.5 Å². The highest BCUT2D eigenvalue weighted by atomic mass is 19.1. The Hall–Kier alpha value is -7.68. The lowest BCUT2D eigenvalue weighted by Gasteiger charge is -2.63. The van der Waals surface area contributed by atoms with Gasteiger partial charge in [0.05, 0.1) is 195 Å². The Kier molecular flexibility index (Phi) is 41.9. The summed E-state index contributed by atoms with van der Waals surface area (Å²) in [5.74, 6) is -6.17. The summed E-state index contributed by atoms with van der Waals surface area (Å²) in [4.78, 5) is 136. The Labute approximate surface area is 775 Å². The molecular formula is C92H152F2N15O23+. The van der Waals surface area contributed by atoms with Crippen LogP contribution in [0, 0.1) is 52.3 Å². The van der Waals surface area contributed by atoms with Crippen LogP contribution in [0.3, 0.4) is 0 Å². The molecular weight excluding hydrogens is 1720 g/mol. The van der Waals surface area contributed by atoms with Crippen molar-refractivity contribution in [1.29, 1.82) is 0 Å². The number of nitrogens with two attached hydrogens (primary N) is 1. The Morgan fingerprint density at radius 3 is 1.99 bits per heavy atom. The molecule has 746 valence electrons. The van der Waals surface area contributed by atoms with Crippen LogP contribution in [-0.2, 0) is 95.2 Å². The highest BCUT2D eigenvalue weighted by Crippen LogP contribution is 2.72. The van der Waals surface area contributed by atoms with Gasteiger partial charge in [-0.15, -0.1) is 11.1 Å². The average Bonchev–Trinajstić information content (AvgIpc) is 1.43. The van der Waals surface area contributed by atoms with Crippen LogP contribution in [0.1, 0.15) is 176 Å². The molecule has 17 atom stereocenters. The van der Waals surface area contributed by atoms with Gasteiger partial charge in [-0.05, 0) is 157 Å². The van der Waals surface area contributed by atoms with Crippen molar-refractivity contribution in [3.63, 3.8) is 0 Å². The largest absolute Gasteiger partial charge is 0.449 e. The van der Waals surface area contributed by atoms with Crippen LogP contribution in [0.4, 0.5) is 18.4 Å². The number of carbonyl (C=O) groups excluding carboxylic acids is 10. The van der Waals surface area contributed by atoms with Gasteiger partial charge in [-0.3, -0.25) is 48.4 Å². The molecule has 40 heteroatoms. The van der Waals surface area contributed by atoms with Gasteiger partial charge in [0, 0.05) is 74.3 Å². The lowest BCUT2D eigenvalue weighted by Crippen LogP contribution is -2.71. The predicted molar refractivity (Wildman–Crippen MR) is 479 cm³/mol. The number of halogens is 2. The fourth-order valence-corrected chi connectivity index (χ4v) is 20.5. The Morgan fingerprint density at radius 2 is 1.33 bits per heavy atom.